The Morgan fingerprint density at radius 3 is 2.68 bits per heavy atom. The second-order valence-electron chi connectivity index (χ2n) is 6.19. The van der Waals surface area contributed by atoms with E-state index >= 15 is 0 Å². The van der Waals surface area contributed by atoms with Crippen molar-refractivity contribution in [3.05, 3.63) is 53.2 Å². The van der Waals surface area contributed by atoms with Crippen molar-refractivity contribution in [3.8, 4) is 11.3 Å². The lowest BCUT2D eigenvalue weighted by Gasteiger charge is -2.03. The Kier molecular flexibility index (Phi) is 4.58. The van der Waals surface area contributed by atoms with Crippen LogP contribution in [0.1, 0.15) is 23.0 Å². The highest BCUT2D eigenvalue weighted by molar-refractivity contribution is 7.14. The lowest BCUT2D eigenvalue weighted by molar-refractivity contribution is -0.114. The molecule has 0 spiro atoms. The first-order valence-corrected chi connectivity index (χ1v) is 9.33. The maximum absolute atomic E-state index is 12.5. The van der Waals surface area contributed by atoms with E-state index in [1.54, 1.807) is 6.07 Å². The molecule has 8 nitrogen and oxygen atoms in total. The Bertz CT molecular complexity index is 1180. The molecular weight excluding hydrogens is 376 g/mol. The summed E-state index contributed by atoms with van der Waals surface area (Å²) >= 11 is 1.34. The molecule has 0 fully saturated rings. The summed E-state index contributed by atoms with van der Waals surface area (Å²) in [6, 6.07) is 9.10. The number of nitrogens with zero attached hydrogens (tertiary/aromatic N) is 3. The number of anilines is 2. The number of amides is 2. The summed E-state index contributed by atoms with van der Waals surface area (Å²) in [6.07, 6.45) is 1.49. The fourth-order valence-electron chi connectivity index (χ4n) is 2.70. The van der Waals surface area contributed by atoms with Gasteiger partial charge in [-0.05, 0) is 25.1 Å². The van der Waals surface area contributed by atoms with Gasteiger partial charge in [0.25, 0.3) is 5.91 Å². The number of thiazole rings is 1. The van der Waals surface area contributed by atoms with Gasteiger partial charge in [0, 0.05) is 40.8 Å². The number of aryl methyl sites for hydroxylation is 1. The lowest BCUT2D eigenvalue weighted by atomic mass is 10.1. The molecule has 3 heterocycles. The van der Waals surface area contributed by atoms with E-state index in [1.165, 1.54) is 24.5 Å². The summed E-state index contributed by atoms with van der Waals surface area (Å²) in [7, 11) is 0. The molecule has 0 aliphatic carbocycles. The summed E-state index contributed by atoms with van der Waals surface area (Å²) in [6.45, 7) is 3.34. The number of H-pyrrole nitrogens is 1. The van der Waals surface area contributed by atoms with Crippen molar-refractivity contribution in [2.45, 2.75) is 13.8 Å². The largest absolute Gasteiger partial charge is 0.326 e. The first-order chi connectivity index (χ1) is 13.5. The molecule has 2 amide bonds. The summed E-state index contributed by atoms with van der Waals surface area (Å²) in [5.74, 6) is -0.401. The molecule has 0 aliphatic heterocycles. The molecule has 3 N–H and O–H groups in total. The maximum Gasteiger partial charge on any atom is 0.259 e. The van der Waals surface area contributed by atoms with E-state index in [9.17, 15) is 9.59 Å². The topological polar surface area (TPSA) is 113 Å². The molecule has 0 aliphatic rings. The molecule has 3 aromatic heterocycles. The molecule has 0 saturated heterocycles. The van der Waals surface area contributed by atoms with Crippen LogP contribution in [0.3, 0.4) is 0 Å². The lowest BCUT2D eigenvalue weighted by Crippen LogP contribution is -2.12. The van der Waals surface area contributed by atoms with Gasteiger partial charge in [0.2, 0.25) is 5.91 Å². The SMILES string of the molecule is CC(=O)Nc1ccc(-c2csc(NC(=O)c3cnc4n[nH]c(C)c4c3)n2)cc1. The van der Waals surface area contributed by atoms with Gasteiger partial charge in [0.05, 0.1) is 11.3 Å². The molecular formula is C19H16N6O2S. The van der Waals surface area contributed by atoms with Crippen molar-refractivity contribution < 1.29 is 9.59 Å². The van der Waals surface area contributed by atoms with E-state index in [-0.39, 0.29) is 11.8 Å². The Morgan fingerprint density at radius 2 is 1.93 bits per heavy atom. The number of aromatic amines is 1. The summed E-state index contributed by atoms with van der Waals surface area (Å²) < 4.78 is 0. The monoisotopic (exact) mass is 392 g/mol. The highest BCUT2D eigenvalue weighted by Gasteiger charge is 2.13. The molecule has 4 aromatic rings. The third-order valence-electron chi connectivity index (χ3n) is 4.09. The fraction of sp³-hybridized carbons (Fsp3) is 0.105. The Morgan fingerprint density at radius 1 is 1.14 bits per heavy atom. The molecule has 28 heavy (non-hydrogen) atoms. The van der Waals surface area contributed by atoms with Crippen molar-refractivity contribution in [3.63, 3.8) is 0 Å². The Labute approximate surface area is 164 Å². The molecule has 0 unspecified atom stereocenters. The van der Waals surface area contributed by atoms with Crippen LogP contribution >= 0.6 is 11.3 Å². The fourth-order valence-corrected chi connectivity index (χ4v) is 3.42. The standard InChI is InChI=1S/C19H16N6O2S/c1-10-15-7-13(8-20-17(15)25-24-10)18(27)23-19-22-16(9-28-19)12-3-5-14(6-4-12)21-11(2)26/h3-9H,1-2H3,(H,21,26)(H,20,24,25)(H,22,23,27). The predicted octanol–water partition coefficient (Wildman–Crippen LogP) is 3.60. The Balaban J connectivity index is 1.50. The number of rotatable bonds is 4. The van der Waals surface area contributed by atoms with E-state index in [0.717, 1.165) is 28.0 Å². The first-order valence-electron chi connectivity index (χ1n) is 8.45. The zero-order chi connectivity index (χ0) is 19.7. The van der Waals surface area contributed by atoms with Gasteiger partial charge in [-0.2, -0.15) is 5.10 Å². The average Bonchev–Trinajstić information content (AvgIpc) is 3.29. The molecule has 1 aromatic carbocycles. The second kappa shape index (κ2) is 7.20. The van der Waals surface area contributed by atoms with Crippen molar-refractivity contribution in [1.29, 1.82) is 0 Å². The second-order valence-corrected chi connectivity index (χ2v) is 7.05. The number of hydrogen-bond donors (Lipinski definition) is 3. The molecule has 0 bridgehead atoms. The number of aromatic nitrogens is 4. The van der Waals surface area contributed by atoms with Gasteiger partial charge in [-0.25, -0.2) is 9.97 Å². The van der Waals surface area contributed by atoms with Gasteiger partial charge < -0.3 is 5.32 Å². The summed E-state index contributed by atoms with van der Waals surface area (Å²) in [5.41, 5.74) is 4.23. The third-order valence-corrected chi connectivity index (χ3v) is 4.85. The molecule has 0 atom stereocenters. The van der Waals surface area contributed by atoms with Crippen LogP contribution in [-0.4, -0.2) is 32.0 Å². The molecule has 0 saturated carbocycles. The normalized spacial score (nSPS) is 10.8. The zero-order valence-corrected chi connectivity index (χ0v) is 15.9. The molecule has 0 radical (unpaired) electrons. The maximum atomic E-state index is 12.5. The zero-order valence-electron chi connectivity index (χ0n) is 15.1. The first kappa shape index (κ1) is 17.8. The van der Waals surface area contributed by atoms with E-state index in [2.05, 4.69) is 30.8 Å². The van der Waals surface area contributed by atoms with Crippen molar-refractivity contribution >= 4 is 45.0 Å². The number of pyridine rings is 1. The third kappa shape index (κ3) is 3.60. The number of nitrogens with one attached hydrogen (secondary N) is 3. The van der Waals surface area contributed by atoms with E-state index in [0.29, 0.717) is 16.3 Å². The number of benzene rings is 1. The molecule has 4 rings (SSSR count). The summed E-state index contributed by atoms with van der Waals surface area (Å²) in [5, 5.41) is 15.6. The Hall–Kier alpha value is -3.59. The van der Waals surface area contributed by atoms with Crippen LogP contribution < -0.4 is 10.6 Å². The minimum absolute atomic E-state index is 0.121. The smallest absolute Gasteiger partial charge is 0.259 e. The van der Waals surface area contributed by atoms with Gasteiger partial charge in [-0.15, -0.1) is 11.3 Å². The van der Waals surface area contributed by atoms with Crippen molar-refractivity contribution in [2.75, 3.05) is 10.6 Å². The van der Waals surface area contributed by atoms with Gasteiger partial charge >= 0.3 is 0 Å². The molecule has 140 valence electrons. The minimum Gasteiger partial charge on any atom is -0.326 e. The number of hydrogen-bond acceptors (Lipinski definition) is 6. The van der Waals surface area contributed by atoms with E-state index in [4.69, 9.17) is 0 Å². The van der Waals surface area contributed by atoms with Gasteiger partial charge in [-0.3, -0.25) is 20.0 Å². The predicted molar refractivity (Wildman–Crippen MR) is 108 cm³/mol. The number of carbonyl (C=O) groups is 2. The van der Waals surface area contributed by atoms with Crippen LogP contribution in [0.25, 0.3) is 22.3 Å². The number of carbonyl (C=O) groups excluding carboxylic acids is 2. The van der Waals surface area contributed by atoms with Crippen LogP contribution in [0.2, 0.25) is 0 Å². The van der Waals surface area contributed by atoms with Crippen molar-refractivity contribution in [1.82, 2.24) is 20.2 Å². The molecule has 9 heteroatoms. The van der Waals surface area contributed by atoms with Gasteiger partial charge in [-0.1, -0.05) is 12.1 Å². The van der Waals surface area contributed by atoms with Crippen LogP contribution in [0, 0.1) is 6.92 Å². The highest BCUT2D eigenvalue weighted by Crippen LogP contribution is 2.26. The average molecular weight is 392 g/mol. The van der Waals surface area contributed by atoms with E-state index in [1.807, 2.05) is 36.6 Å². The minimum atomic E-state index is -0.281. The number of fused-ring (bicyclic) bond motifs is 1. The van der Waals surface area contributed by atoms with Gasteiger partial charge in [0.1, 0.15) is 0 Å². The highest BCUT2D eigenvalue weighted by atomic mass is 32.1. The quantitative estimate of drug-likeness (QED) is 0.491. The van der Waals surface area contributed by atoms with Crippen LogP contribution in [0.4, 0.5) is 10.8 Å². The van der Waals surface area contributed by atoms with Gasteiger partial charge in [0.15, 0.2) is 10.8 Å². The summed E-state index contributed by atoms with van der Waals surface area (Å²) in [4.78, 5) is 32.3. The van der Waals surface area contributed by atoms with E-state index < -0.39 is 0 Å². The van der Waals surface area contributed by atoms with Crippen LogP contribution in [0.5, 0.6) is 0 Å². The van der Waals surface area contributed by atoms with Crippen LogP contribution in [0.15, 0.2) is 41.9 Å². The van der Waals surface area contributed by atoms with Crippen molar-refractivity contribution in [2.24, 2.45) is 0 Å². The van der Waals surface area contributed by atoms with Crippen LogP contribution in [-0.2, 0) is 4.79 Å².